The van der Waals surface area contributed by atoms with Crippen LogP contribution in [-0.2, 0) is 10.0 Å². The number of hydrogen-bond donors (Lipinski definition) is 2. The molecule has 0 aliphatic carbocycles. The van der Waals surface area contributed by atoms with Gasteiger partial charge < -0.3 is 5.73 Å². The second-order valence-corrected chi connectivity index (χ2v) is 6.67. The van der Waals surface area contributed by atoms with Crippen LogP contribution < -0.4 is 10.5 Å². The van der Waals surface area contributed by atoms with Crippen LogP contribution in [0.1, 0.15) is 16.7 Å². The van der Waals surface area contributed by atoms with Gasteiger partial charge in [-0.25, -0.2) is 8.42 Å². The third kappa shape index (κ3) is 3.11. The van der Waals surface area contributed by atoms with Gasteiger partial charge in [-0.2, -0.15) is 0 Å². The molecule has 0 heterocycles. The standard InChI is InChI=1S/C15H18N2O2S/c1-10-6-13(16)9-15(7-10)20(18,19)17-14-5-4-11(2)12(3)8-14/h4-9,17H,16H2,1-3H3. The Morgan fingerprint density at radius 1 is 0.950 bits per heavy atom. The van der Waals surface area contributed by atoms with Crippen molar-refractivity contribution in [2.45, 2.75) is 25.7 Å². The van der Waals surface area contributed by atoms with E-state index < -0.39 is 10.0 Å². The number of nitrogen functional groups attached to an aromatic ring is 1. The zero-order valence-corrected chi connectivity index (χ0v) is 12.6. The lowest BCUT2D eigenvalue weighted by atomic mass is 10.1. The Labute approximate surface area is 119 Å². The van der Waals surface area contributed by atoms with Gasteiger partial charge in [-0.15, -0.1) is 0 Å². The Hall–Kier alpha value is -2.01. The topological polar surface area (TPSA) is 72.2 Å². The number of nitrogens with two attached hydrogens (primary N) is 1. The predicted octanol–water partition coefficient (Wildman–Crippen LogP) is 2.99. The highest BCUT2D eigenvalue weighted by Crippen LogP contribution is 2.21. The summed E-state index contributed by atoms with van der Waals surface area (Å²) in [5, 5.41) is 0. The normalized spacial score (nSPS) is 11.3. The summed E-state index contributed by atoms with van der Waals surface area (Å²) in [6, 6.07) is 10.2. The van der Waals surface area contributed by atoms with Crippen LogP contribution >= 0.6 is 0 Å². The molecular formula is C15H18N2O2S. The molecule has 2 aromatic carbocycles. The van der Waals surface area contributed by atoms with Crippen molar-refractivity contribution in [1.29, 1.82) is 0 Å². The van der Waals surface area contributed by atoms with Crippen molar-refractivity contribution in [3.8, 4) is 0 Å². The minimum absolute atomic E-state index is 0.174. The molecule has 2 aromatic rings. The first-order valence-corrected chi connectivity index (χ1v) is 7.73. The minimum atomic E-state index is -3.62. The van der Waals surface area contributed by atoms with Gasteiger partial charge >= 0.3 is 0 Å². The predicted molar refractivity (Wildman–Crippen MR) is 82.3 cm³/mol. The van der Waals surface area contributed by atoms with E-state index in [4.69, 9.17) is 5.73 Å². The zero-order chi connectivity index (χ0) is 14.9. The fourth-order valence-corrected chi connectivity index (χ4v) is 3.14. The van der Waals surface area contributed by atoms with E-state index >= 15 is 0 Å². The van der Waals surface area contributed by atoms with Crippen molar-refractivity contribution in [2.75, 3.05) is 10.5 Å². The molecule has 4 nitrogen and oxygen atoms in total. The van der Waals surface area contributed by atoms with Gasteiger partial charge in [0.25, 0.3) is 10.0 Å². The smallest absolute Gasteiger partial charge is 0.261 e. The summed E-state index contributed by atoms with van der Waals surface area (Å²) in [5.41, 5.74) is 9.65. The fourth-order valence-electron chi connectivity index (χ4n) is 1.95. The van der Waals surface area contributed by atoms with E-state index in [9.17, 15) is 8.42 Å². The third-order valence-corrected chi connectivity index (χ3v) is 4.50. The lowest BCUT2D eigenvalue weighted by molar-refractivity contribution is 0.601. The highest BCUT2D eigenvalue weighted by molar-refractivity contribution is 7.92. The molecule has 0 aliphatic rings. The molecule has 0 bridgehead atoms. The van der Waals surface area contributed by atoms with Crippen molar-refractivity contribution in [2.24, 2.45) is 0 Å². The number of anilines is 2. The molecule has 106 valence electrons. The fraction of sp³-hybridized carbons (Fsp3) is 0.200. The number of aryl methyl sites for hydroxylation is 3. The molecule has 0 aliphatic heterocycles. The molecule has 20 heavy (non-hydrogen) atoms. The van der Waals surface area contributed by atoms with Crippen LogP contribution in [0.3, 0.4) is 0 Å². The molecule has 3 N–H and O–H groups in total. The Bertz CT molecular complexity index is 732. The lowest BCUT2D eigenvalue weighted by Crippen LogP contribution is -2.13. The van der Waals surface area contributed by atoms with Crippen LogP contribution in [0, 0.1) is 20.8 Å². The molecule has 0 radical (unpaired) electrons. The summed E-state index contributed by atoms with van der Waals surface area (Å²) >= 11 is 0. The zero-order valence-electron chi connectivity index (χ0n) is 11.8. The van der Waals surface area contributed by atoms with Crippen molar-refractivity contribution in [1.82, 2.24) is 0 Å². The average Bonchev–Trinajstić information content (AvgIpc) is 2.32. The molecule has 2 rings (SSSR count). The Morgan fingerprint density at radius 3 is 2.25 bits per heavy atom. The van der Waals surface area contributed by atoms with Crippen molar-refractivity contribution < 1.29 is 8.42 Å². The van der Waals surface area contributed by atoms with Crippen LogP contribution in [0.15, 0.2) is 41.3 Å². The first-order valence-electron chi connectivity index (χ1n) is 6.25. The van der Waals surface area contributed by atoms with Crippen molar-refractivity contribution >= 4 is 21.4 Å². The molecule has 0 amide bonds. The molecule has 0 fully saturated rings. The van der Waals surface area contributed by atoms with E-state index in [1.807, 2.05) is 32.9 Å². The van der Waals surface area contributed by atoms with Gasteiger partial charge in [-0.3, -0.25) is 4.72 Å². The SMILES string of the molecule is Cc1cc(N)cc(S(=O)(=O)Nc2ccc(C)c(C)c2)c1. The summed E-state index contributed by atoms with van der Waals surface area (Å²) in [6.07, 6.45) is 0. The third-order valence-electron chi connectivity index (χ3n) is 3.14. The second-order valence-electron chi connectivity index (χ2n) is 4.98. The Balaban J connectivity index is 2.37. The molecule has 0 unspecified atom stereocenters. The molecule has 0 saturated carbocycles. The van der Waals surface area contributed by atoms with Crippen LogP contribution in [0.5, 0.6) is 0 Å². The van der Waals surface area contributed by atoms with E-state index in [1.165, 1.54) is 6.07 Å². The lowest BCUT2D eigenvalue weighted by Gasteiger charge is -2.11. The van der Waals surface area contributed by atoms with E-state index in [1.54, 1.807) is 18.2 Å². The number of rotatable bonds is 3. The van der Waals surface area contributed by atoms with Crippen LogP contribution in [0.2, 0.25) is 0 Å². The van der Waals surface area contributed by atoms with Crippen LogP contribution in [0.25, 0.3) is 0 Å². The molecule has 5 heteroatoms. The Kier molecular flexibility index (Phi) is 3.72. The summed E-state index contributed by atoms with van der Waals surface area (Å²) in [4.78, 5) is 0.174. The summed E-state index contributed by atoms with van der Waals surface area (Å²) < 4.78 is 27.2. The monoisotopic (exact) mass is 290 g/mol. The van der Waals surface area contributed by atoms with Gasteiger partial charge in [-0.05, 0) is 67.8 Å². The highest BCUT2D eigenvalue weighted by atomic mass is 32.2. The quantitative estimate of drug-likeness (QED) is 0.854. The first-order chi connectivity index (χ1) is 9.28. The minimum Gasteiger partial charge on any atom is -0.399 e. The van der Waals surface area contributed by atoms with Gasteiger partial charge in [0.2, 0.25) is 0 Å². The van der Waals surface area contributed by atoms with E-state index in [0.717, 1.165) is 16.7 Å². The van der Waals surface area contributed by atoms with Gasteiger partial charge in [0.1, 0.15) is 0 Å². The van der Waals surface area contributed by atoms with Gasteiger partial charge in [-0.1, -0.05) is 6.07 Å². The van der Waals surface area contributed by atoms with Crippen LogP contribution in [-0.4, -0.2) is 8.42 Å². The largest absolute Gasteiger partial charge is 0.399 e. The summed E-state index contributed by atoms with van der Waals surface area (Å²) in [7, 11) is -3.62. The highest BCUT2D eigenvalue weighted by Gasteiger charge is 2.15. The molecular weight excluding hydrogens is 272 g/mol. The number of sulfonamides is 1. The van der Waals surface area contributed by atoms with Crippen molar-refractivity contribution in [3.63, 3.8) is 0 Å². The molecule has 0 saturated heterocycles. The Morgan fingerprint density at radius 2 is 1.65 bits per heavy atom. The first kappa shape index (κ1) is 14.4. The molecule has 0 atom stereocenters. The van der Waals surface area contributed by atoms with Crippen LogP contribution in [0.4, 0.5) is 11.4 Å². The maximum atomic E-state index is 12.3. The maximum Gasteiger partial charge on any atom is 0.261 e. The van der Waals surface area contributed by atoms with E-state index in [0.29, 0.717) is 11.4 Å². The number of hydrogen-bond acceptors (Lipinski definition) is 3. The van der Waals surface area contributed by atoms with E-state index in [-0.39, 0.29) is 4.90 Å². The van der Waals surface area contributed by atoms with Crippen molar-refractivity contribution in [3.05, 3.63) is 53.1 Å². The van der Waals surface area contributed by atoms with Gasteiger partial charge in [0, 0.05) is 11.4 Å². The van der Waals surface area contributed by atoms with E-state index in [2.05, 4.69) is 4.72 Å². The second kappa shape index (κ2) is 5.17. The number of benzene rings is 2. The maximum absolute atomic E-state index is 12.3. The summed E-state index contributed by atoms with van der Waals surface area (Å²) in [6.45, 7) is 5.73. The van der Waals surface area contributed by atoms with Gasteiger partial charge in [0.05, 0.1) is 4.90 Å². The number of nitrogens with one attached hydrogen (secondary N) is 1. The average molecular weight is 290 g/mol. The summed E-state index contributed by atoms with van der Waals surface area (Å²) in [5.74, 6) is 0. The molecule has 0 aromatic heterocycles. The molecule has 0 spiro atoms. The van der Waals surface area contributed by atoms with Gasteiger partial charge in [0.15, 0.2) is 0 Å².